The lowest BCUT2D eigenvalue weighted by Gasteiger charge is -2.31. The van der Waals surface area contributed by atoms with Crippen LogP contribution in [0.4, 0.5) is 0 Å². The van der Waals surface area contributed by atoms with Crippen molar-refractivity contribution in [2.75, 3.05) is 0 Å². The Bertz CT molecular complexity index is 1320. The molecule has 0 aliphatic carbocycles. The van der Waals surface area contributed by atoms with Crippen LogP contribution >= 0.6 is 0 Å². The van der Waals surface area contributed by atoms with Gasteiger partial charge in [0.1, 0.15) is 17.2 Å². The average molecular weight is 627 g/mol. The minimum absolute atomic E-state index is 0.0117. The molecule has 3 rings (SSSR count). The largest absolute Gasteiger partial charge is 0.864 e. The van der Waals surface area contributed by atoms with Crippen LogP contribution in [0.2, 0.25) is 0 Å². The summed E-state index contributed by atoms with van der Waals surface area (Å²) in [6.45, 7) is 40.2. The van der Waals surface area contributed by atoms with E-state index in [4.69, 9.17) is 14.0 Å². The summed E-state index contributed by atoms with van der Waals surface area (Å²) in [6.07, 6.45) is 0. The fourth-order valence-electron chi connectivity index (χ4n) is 5.44. The van der Waals surface area contributed by atoms with Crippen LogP contribution in [0.15, 0.2) is 54.6 Å². The van der Waals surface area contributed by atoms with Gasteiger partial charge in [-0.15, -0.1) is 0 Å². The average Bonchev–Trinajstić information content (AvgIpc) is 2.85. The second-order valence-electron chi connectivity index (χ2n) is 19.3. The van der Waals surface area contributed by atoms with Gasteiger partial charge in [-0.2, -0.15) is 0 Å². The minimum Gasteiger partial charge on any atom is -0.489 e. The molecule has 46 heavy (non-hydrogen) atoms. The van der Waals surface area contributed by atoms with Crippen molar-refractivity contribution < 1.29 is 14.0 Å². The van der Waals surface area contributed by atoms with Gasteiger partial charge in [-0.3, -0.25) is 0 Å². The van der Waals surface area contributed by atoms with Crippen LogP contribution in [0.1, 0.15) is 158 Å². The van der Waals surface area contributed by atoms with Gasteiger partial charge in [0.05, 0.1) is 0 Å². The number of hydrogen-bond acceptors (Lipinski definition) is 3. The summed E-state index contributed by atoms with van der Waals surface area (Å²) in [5.74, 6) is 2.29. The Morgan fingerprint density at radius 2 is 0.543 bits per heavy atom. The van der Waals surface area contributed by atoms with Gasteiger partial charge in [-0.25, -0.2) is 0 Å². The highest BCUT2D eigenvalue weighted by Gasteiger charge is 2.37. The van der Waals surface area contributed by atoms with E-state index in [0.717, 1.165) is 33.9 Å². The van der Waals surface area contributed by atoms with E-state index in [0.29, 0.717) is 0 Å². The lowest BCUT2D eigenvalue weighted by atomic mass is 9.80. The maximum atomic E-state index is 6.83. The molecule has 0 aromatic heterocycles. The zero-order valence-corrected chi connectivity index (χ0v) is 32.5. The highest BCUT2D eigenvalue weighted by Crippen LogP contribution is 2.40. The Hall–Kier alpha value is -2.88. The standard InChI is InChI=1S/C42H63BO3/c1-37(2,3)28-19-22-34(31(25-28)40(10,11)12)44-43(45-35-23-20-29(38(4,5)6)26-32(35)41(13,14)15)46-36-24-21-30(39(7,8)9)27-33(36)42(16,17)18/h19-27H,1-18H3. The summed E-state index contributed by atoms with van der Waals surface area (Å²) in [6, 6.07) is 19.6. The van der Waals surface area contributed by atoms with Gasteiger partial charge in [-0.1, -0.05) is 161 Å². The van der Waals surface area contributed by atoms with Crippen molar-refractivity contribution in [3.8, 4) is 17.2 Å². The molecule has 0 fully saturated rings. The summed E-state index contributed by atoms with van der Waals surface area (Å²) < 4.78 is 20.5. The molecule has 3 aromatic carbocycles. The van der Waals surface area contributed by atoms with E-state index in [1.54, 1.807) is 0 Å². The van der Waals surface area contributed by atoms with E-state index in [9.17, 15) is 0 Å². The van der Waals surface area contributed by atoms with Gasteiger partial charge in [0.25, 0.3) is 0 Å². The van der Waals surface area contributed by atoms with Gasteiger partial charge in [-0.05, 0) is 84.1 Å². The Morgan fingerprint density at radius 3 is 0.717 bits per heavy atom. The van der Waals surface area contributed by atoms with E-state index in [1.165, 1.54) is 16.7 Å². The molecule has 0 aliphatic heterocycles. The Morgan fingerprint density at radius 1 is 0.326 bits per heavy atom. The molecule has 4 heteroatoms. The maximum absolute atomic E-state index is 6.83. The molecule has 0 N–H and O–H groups in total. The predicted octanol–water partition coefficient (Wildman–Crippen LogP) is 12.0. The number of hydrogen-bond donors (Lipinski definition) is 0. The molecule has 0 aliphatic rings. The minimum atomic E-state index is -1.02. The number of benzene rings is 3. The van der Waals surface area contributed by atoms with E-state index < -0.39 is 7.32 Å². The second-order valence-corrected chi connectivity index (χ2v) is 19.3. The van der Waals surface area contributed by atoms with E-state index in [1.807, 2.05) is 0 Å². The van der Waals surface area contributed by atoms with Crippen LogP contribution in [-0.2, 0) is 32.5 Å². The zero-order chi connectivity index (χ0) is 35.3. The molecule has 252 valence electrons. The lowest BCUT2D eigenvalue weighted by Crippen LogP contribution is -2.39. The molecule has 3 aromatic rings. The van der Waals surface area contributed by atoms with Crippen molar-refractivity contribution in [3.63, 3.8) is 0 Å². The first-order valence-corrected chi connectivity index (χ1v) is 17.0. The van der Waals surface area contributed by atoms with Crippen LogP contribution in [0.5, 0.6) is 17.2 Å². The fourth-order valence-corrected chi connectivity index (χ4v) is 5.44. The van der Waals surface area contributed by atoms with Gasteiger partial charge >= 0.3 is 7.32 Å². The van der Waals surface area contributed by atoms with Crippen molar-refractivity contribution in [1.29, 1.82) is 0 Å². The first-order chi connectivity index (χ1) is 20.6. The molecule has 0 heterocycles. The van der Waals surface area contributed by atoms with Crippen LogP contribution in [0, 0.1) is 0 Å². The normalized spacial score (nSPS) is 13.4. The zero-order valence-electron chi connectivity index (χ0n) is 32.5. The molecular weight excluding hydrogens is 563 g/mol. The van der Waals surface area contributed by atoms with E-state index >= 15 is 0 Å². The van der Waals surface area contributed by atoms with Crippen molar-refractivity contribution in [1.82, 2.24) is 0 Å². The first-order valence-electron chi connectivity index (χ1n) is 17.0. The van der Waals surface area contributed by atoms with Crippen LogP contribution < -0.4 is 14.0 Å². The van der Waals surface area contributed by atoms with E-state index in [2.05, 4.69) is 179 Å². The van der Waals surface area contributed by atoms with Gasteiger partial charge in [0, 0.05) is 0 Å². The molecule has 3 nitrogen and oxygen atoms in total. The molecule has 0 amide bonds. The van der Waals surface area contributed by atoms with Crippen molar-refractivity contribution in [2.24, 2.45) is 0 Å². The van der Waals surface area contributed by atoms with Crippen LogP contribution in [0.3, 0.4) is 0 Å². The molecule has 0 bridgehead atoms. The van der Waals surface area contributed by atoms with Crippen LogP contribution in [-0.4, -0.2) is 7.32 Å². The molecule has 0 spiro atoms. The molecule has 0 radical (unpaired) electrons. The first kappa shape index (κ1) is 37.6. The van der Waals surface area contributed by atoms with E-state index in [-0.39, 0.29) is 32.5 Å². The molecule has 0 unspecified atom stereocenters. The van der Waals surface area contributed by atoms with Gasteiger partial charge in [0.15, 0.2) is 0 Å². The van der Waals surface area contributed by atoms with Crippen molar-refractivity contribution in [2.45, 2.75) is 157 Å². The Labute approximate surface area is 283 Å². The lowest BCUT2D eigenvalue weighted by molar-refractivity contribution is 0.297. The monoisotopic (exact) mass is 626 g/mol. The van der Waals surface area contributed by atoms with Gasteiger partial charge < -0.3 is 14.0 Å². The maximum Gasteiger partial charge on any atom is 0.864 e. The predicted molar refractivity (Wildman–Crippen MR) is 199 cm³/mol. The SMILES string of the molecule is CC(C)(C)c1ccc(OB(Oc2ccc(C(C)(C)C)cc2C(C)(C)C)Oc2ccc(C(C)(C)C)cc2C(C)(C)C)c(C(C)(C)C)c1. The van der Waals surface area contributed by atoms with Gasteiger partial charge in [0.2, 0.25) is 0 Å². The third-order valence-corrected chi connectivity index (χ3v) is 8.63. The summed E-state index contributed by atoms with van der Waals surface area (Å²) >= 11 is 0. The second kappa shape index (κ2) is 12.6. The Balaban J connectivity index is 2.24. The topological polar surface area (TPSA) is 27.7 Å². The quantitative estimate of drug-likeness (QED) is 0.255. The third-order valence-electron chi connectivity index (χ3n) is 8.63. The summed E-state index contributed by atoms with van der Waals surface area (Å²) in [5, 5.41) is 0. The Kier molecular flexibility index (Phi) is 10.3. The van der Waals surface area contributed by atoms with Crippen molar-refractivity contribution in [3.05, 3.63) is 88.0 Å². The summed E-state index contributed by atoms with van der Waals surface area (Å²) in [4.78, 5) is 0. The summed E-state index contributed by atoms with van der Waals surface area (Å²) in [5.41, 5.74) is 6.73. The molecule has 0 atom stereocenters. The highest BCUT2D eigenvalue weighted by molar-refractivity contribution is 6.39. The molecule has 0 saturated heterocycles. The molecule has 0 saturated carbocycles. The summed E-state index contributed by atoms with van der Waals surface area (Å²) in [7, 11) is -1.02. The van der Waals surface area contributed by atoms with Crippen molar-refractivity contribution >= 4 is 7.32 Å². The smallest absolute Gasteiger partial charge is 0.489 e. The molecular formula is C42H63BO3. The fraction of sp³-hybridized carbons (Fsp3) is 0.571. The number of rotatable bonds is 6. The van der Waals surface area contributed by atoms with Crippen LogP contribution in [0.25, 0.3) is 0 Å². The third kappa shape index (κ3) is 9.36. The highest BCUT2D eigenvalue weighted by atomic mass is 16.7.